The SMILES string of the molecule is CCC[C@H](N)C(=O)NCCCc1nc2ccc(F)cc2[nH]1.Cl.Cl. The van der Waals surface area contributed by atoms with Crippen LogP contribution in [0.2, 0.25) is 0 Å². The largest absolute Gasteiger partial charge is 0.355 e. The number of nitrogens with two attached hydrogens (primary N) is 1. The van der Waals surface area contributed by atoms with Gasteiger partial charge in [0.15, 0.2) is 0 Å². The van der Waals surface area contributed by atoms with Crippen LogP contribution in [-0.2, 0) is 11.2 Å². The third-order valence-electron chi connectivity index (χ3n) is 3.32. The van der Waals surface area contributed by atoms with Gasteiger partial charge in [-0.25, -0.2) is 9.37 Å². The molecule has 1 aromatic heterocycles. The summed E-state index contributed by atoms with van der Waals surface area (Å²) in [5, 5.41) is 2.81. The number of imidazole rings is 1. The Morgan fingerprint density at radius 1 is 1.43 bits per heavy atom. The van der Waals surface area contributed by atoms with Crippen molar-refractivity contribution in [1.29, 1.82) is 0 Å². The highest BCUT2D eigenvalue weighted by Gasteiger charge is 2.11. The summed E-state index contributed by atoms with van der Waals surface area (Å²) in [4.78, 5) is 19.1. The molecule has 0 radical (unpaired) electrons. The number of nitrogens with zero attached hydrogens (tertiary/aromatic N) is 1. The van der Waals surface area contributed by atoms with Gasteiger partial charge in [0.1, 0.15) is 11.6 Å². The minimum absolute atomic E-state index is 0. The Balaban J connectivity index is 0.00000242. The van der Waals surface area contributed by atoms with Crippen LogP contribution >= 0.6 is 24.8 Å². The number of hydrogen-bond acceptors (Lipinski definition) is 3. The Bertz CT molecular complexity index is 621. The van der Waals surface area contributed by atoms with Gasteiger partial charge < -0.3 is 16.0 Å². The molecule has 2 aromatic rings. The smallest absolute Gasteiger partial charge is 0.236 e. The molecular weight excluding hydrogens is 342 g/mol. The van der Waals surface area contributed by atoms with Crippen molar-refractivity contribution in [2.45, 2.75) is 38.6 Å². The highest BCUT2D eigenvalue weighted by atomic mass is 35.5. The van der Waals surface area contributed by atoms with E-state index in [9.17, 15) is 9.18 Å². The predicted octanol–water partition coefficient (Wildman–Crippen LogP) is 2.72. The second kappa shape index (κ2) is 10.4. The molecule has 0 spiro atoms. The number of benzene rings is 1. The van der Waals surface area contributed by atoms with Crippen LogP contribution in [0.4, 0.5) is 4.39 Å². The van der Waals surface area contributed by atoms with Gasteiger partial charge in [0.05, 0.1) is 17.1 Å². The molecule has 0 saturated carbocycles. The molecule has 0 saturated heterocycles. The maximum Gasteiger partial charge on any atom is 0.236 e. The van der Waals surface area contributed by atoms with E-state index in [-0.39, 0.29) is 36.5 Å². The highest BCUT2D eigenvalue weighted by molar-refractivity contribution is 5.85. The third kappa shape index (κ3) is 6.33. The number of aromatic nitrogens is 2. The summed E-state index contributed by atoms with van der Waals surface area (Å²) >= 11 is 0. The molecule has 0 aliphatic rings. The molecule has 23 heavy (non-hydrogen) atoms. The summed E-state index contributed by atoms with van der Waals surface area (Å²) in [7, 11) is 0. The van der Waals surface area contributed by atoms with E-state index in [1.165, 1.54) is 12.1 Å². The molecule has 0 aliphatic heterocycles. The predicted molar refractivity (Wildman–Crippen MR) is 94.8 cm³/mol. The molecule has 4 N–H and O–H groups in total. The fourth-order valence-electron chi connectivity index (χ4n) is 2.19. The van der Waals surface area contributed by atoms with E-state index < -0.39 is 6.04 Å². The Morgan fingerprint density at radius 3 is 2.87 bits per heavy atom. The maximum atomic E-state index is 13.1. The van der Waals surface area contributed by atoms with E-state index >= 15 is 0 Å². The zero-order valence-corrected chi connectivity index (χ0v) is 14.6. The molecule has 5 nitrogen and oxygen atoms in total. The van der Waals surface area contributed by atoms with Crippen molar-refractivity contribution in [3.05, 3.63) is 29.8 Å². The van der Waals surface area contributed by atoms with Gasteiger partial charge in [-0.2, -0.15) is 0 Å². The Kier molecular flexibility index (Phi) is 9.79. The molecule has 1 aromatic carbocycles. The zero-order valence-electron chi connectivity index (χ0n) is 13.0. The average Bonchev–Trinajstić information content (AvgIpc) is 2.85. The van der Waals surface area contributed by atoms with Gasteiger partial charge in [-0.3, -0.25) is 4.79 Å². The Morgan fingerprint density at radius 2 is 2.17 bits per heavy atom. The van der Waals surface area contributed by atoms with Gasteiger partial charge in [0.25, 0.3) is 0 Å². The van der Waals surface area contributed by atoms with Crippen molar-refractivity contribution in [2.24, 2.45) is 5.73 Å². The van der Waals surface area contributed by atoms with Crippen molar-refractivity contribution in [1.82, 2.24) is 15.3 Å². The summed E-state index contributed by atoms with van der Waals surface area (Å²) in [6.07, 6.45) is 3.04. The van der Waals surface area contributed by atoms with E-state index in [0.29, 0.717) is 24.9 Å². The first-order valence-corrected chi connectivity index (χ1v) is 7.27. The van der Waals surface area contributed by atoms with Gasteiger partial charge >= 0.3 is 0 Å². The minimum Gasteiger partial charge on any atom is -0.355 e. The number of H-pyrrole nitrogens is 1. The third-order valence-corrected chi connectivity index (χ3v) is 3.32. The van der Waals surface area contributed by atoms with Crippen LogP contribution in [-0.4, -0.2) is 28.5 Å². The monoisotopic (exact) mass is 364 g/mol. The number of fused-ring (bicyclic) bond motifs is 1. The number of hydrogen-bond donors (Lipinski definition) is 3. The number of carbonyl (C=O) groups is 1. The summed E-state index contributed by atoms with van der Waals surface area (Å²) in [5.74, 6) is 0.404. The first kappa shape index (κ1) is 21.6. The molecule has 0 aliphatic carbocycles. The molecular formula is C15H23Cl2FN4O. The van der Waals surface area contributed by atoms with Crippen molar-refractivity contribution in [3.8, 4) is 0 Å². The fourth-order valence-corrected chi connectivity index (χ4v) is 2.19. The van der Waals surface area contributed by atoms with E-state index in [4.69, 9.17) is 5.73 Å². The second-order valence-electron chi connectivity index (χ2n) is 5.13. The normalized spacial score (nSPS) is 11.4. The molecule has 130 valence electrons. The number of halogens is 3. The molecule has 8 heteroatoms. The molecule has 1 atom stereocenters. The van der Waals surface area contributed by atoms with Gasteiger partial charge in [-0.15, -0.1) is 24.8 Å². The van der Waals surface area contributed by atoms with E-state index in [0.717, 1.165) is 24.2 Å². The summed E-state index contributed by atoms with van der Waals surface area (Å²) in [6.45, 7) is 2.55. The Hall–Kier alpha value is -1.37. The van der Waals surface area contributed by atoms with Gasteiger partial charge in [0, 0.05) is 13.0 Å². The lowest BCUT2D eigenvalue weighted by Crippen LogP contribution is -2.40. The summed E-state index contributed by atoms with van der Waals surface area (Å²) in [6, 6.07) is 4.04. The van der Waals surface area contributed by atoms with Gasteiger partial charge in [0.2, 0.25) is 5.91 Å². The van der Waals surface area contributed by atoms with Crippen molar-refractivity contribution < 1.29 is 9.18 Å². The van der Waals surface area contributed by atoms with Gasteiger partial charge in [-0.1, -0.05) is 13.3 Å². The lowest BCUT2D eigenvalue weighted by atomic mass is 10.1. The first-order valence-electron chi connectivity index (χ1n) is 7.27. The fraction of sp³-hybridized carbons (Fsp3) is 0.467. The topological polar surface area (TPSA) is 83.8 Å². The van der Waals surface area contributed by atoms with Crippen LogP contribution in [0.1, 0.15) is 32.0 Å². The van der Waals surface area contributed by atoms with Crippen LogP contribution < -0.4 is 11.1 Å². The maximum absolute atomic E-state index is 13.1. The van der Waals surface area contributed by atoms with E-state index in [1.807, 2.05) is 6.92 Å². The van der Waals surface area contributed by atoms with Gasteiger partial charge in [-0.05, 0) is 31.0 Å². The lowest BCUT2D eigenvalue weighted by molar-refractivity contribution is -0.122. The first-order chi connectivity index (χ1) is 10.1. The number of aryl methyl sites for hydroxylation is 1. The molecule has 1 heterocycles. The minimum atomic E-state index is -0.427. The molecule has 0 bridgehead atoms. The van der Waals surface area contributed by atoms with Crippen molar-refractivity contribution in [3.63, 3.8) is 0 Å². The van der Waals surface area contributed by atoms with Crippen molar-refractivity contribution >= 4 is 41.8 Å². The van der Waals surface area contributed by atoms with E-state index in [1.54, 1.807) is 6.07 Å². The zero-order chi connectivity index (χ0) is 15.2. The summed E-state index contributed by atoms with van der Waals surface area (Å²) in [5.41, 5.74) is 7.16. The quantitative estimate of drug-likeness (QED) is 0.660. The standard InChI is InChI=1S/C15H21FN4O.2ClH/c1-2-4-11(17)15(21)18-8-3-5-14-19-12-7-6-10(16)9-13(12)20-14;;/h6-7,9,11H,2-5,8,17H2,1H3,(H,18,21)(H,19,20);2*1H/t11-;;/m0../s1. The number of aromatic amines is 1. The molecule has 1 amide bonds. The molecule has 2 rings (SSSR count). The van der Waals surface area contributed by atoms with Crippen LogP contribution in [0.15, 0.2) is 18.2 Å². The van der Waals surface area contributed by atoms with Crippen LogP contribution in [0.5, 0.6) is 0 Å². The number of nitrogens with one attached hydrogen (secondary N) is 2. The van der Waals surface area contributed by atoms with E-state index in [2.05, 4.69) is 15.3 Å². The Labute approximate surface area is 147 Å². The van der Waals surface area contributed by atoms with Crippen LogP contribution in [0, 0.1) is 5.82 Å². The number of rotatable bonds is 7. The average molecular weight is 365 g/mol. The molecule has 0 fully saturated rings. The number of carbonyl (C=O) groups excluding carboxylic acids is 1. The van der Waals surface area contributed by atoms with Crippen LogP contribution in [0.25, 0.3) is 11.0 Å². The second-order valence-corrected chi connectivity index (χ2v) is 5.13. The summed E-state index contributed by atoms with van der Waals surface area (Å²) < 4.78 is 13.1. The van der Waals surface area contributed by atoms with Crippen LogP contribution in [0.3, 0.4) is 0 Å². The number of amides is 1. The van der Waals surface area contributed by atoms with Crippen molar-refractivity contribution in [2.75, 3.05) is 6.54 Å². The lowest BCUT2D eigenvalue weighted by Gasteiger charge is -2.10. The molecule has 0 unspecified atom stereocenters. The highest BCUT2D eigenvalue weighted by Crippen LogP contribution is 2.13.